The zero-order valence-corrected chi connectivity index (χ0v) is 20.5. The Morgan fingerprint density at radius 3 is 2.46 bits per heavy atom. The molecule has 3 aromatic rings. The summed E-state index contributed by atoms with van der Waals surface area (Å²) in [5, 5.41) is 20.0. The van der Waals surface area contributed by atoms with Gasteiger partial charge in [-0.3, -0.25) is 9.29 Å². The first-order valence-corrected chi connectivity index (χ1v) is 12.2. The van der Waals surface area contributed by atoms with E-state index in [2.05, 4.69) is 4.90 Å². The molecule has 2 aliphatic heterocycles. The second-order valence-electron chi connectivity index (χ2n) is 9.71. The third-order valence-electron chi connectivity index (χ3n) is 7.10. The Kier molecular flexibility index (Phi) is 6.77. The third kappa shape index (κ3) is 4.85. The first-order valence-electron chi connectivity index (χ1n) is 12.2. The zero-order valence-electron chi connectivity index (χ0n) is 20.5. The van der Waals surface area contributed by atoms with Crippen molar-refractivity contribution in [3.8, 4) is 23.0 Å². The molecule has 1 saturated heterocycles. The van der Waals surface area contributed by atoms with E-state index in [1.165, 1.54) is 12.1 Å². The zero-order chi connectivity index (χ0) is 26.3. The number of rotatable bonds is 7. The van der Waals surface area contributed by atoms with Crippen LogP contribution < -0.4 is 9.47 Å². The van der Waals surface area contributed by atoms with Crippen LogP contribution in [-0.2, 0) is 0 Å². The van der Waals surface area contributed by atoms with Crippen molar-refractivity contribution < 1.29 is 32.9 Å². The van der Waals surface area contributed by atoms with Crippen LogP contribution in [0.15, 0.2) is 54.6 Å². The first-order chi connectivity index (χ1) is 17.7. The predicted octanol–water partition coefficient (Wildman–Crippen LogP) is 6.11. The van der Waals surface area contributed by atoms with E-state index in [1.54, 1.807) is 12.1 Å². The average molecular weight is 512 g/mol. The van der Waals surface area contributed by atoms with E-state index in [0.717, 1.165) is 24.7 Å². The molecule has 0 aliphatic carbocycles. The lowest BCUT2D eigenvalue weighted by molar-refractivity contribution is 0.0265. The SMILES string of the molecule is CC1=C(c2cc(O)c(F)c(F)c2)C(c2ccc(OCC(C)N3CC(CF)C3)cc2)Oc2ccc(O)cc21. The number of likely N-dealkylation sites (tertiary alicyclic amines) is 1. The molecule has 2 heterocycles. The largest absolute Gasteiger partial charge is 0.508 e. The maximum atomic E-state index is 14.3. The van der Waals surface area contributed by atoms with Crippen molar-refractivity contribution in [1.82, 2.24) is 4.90 Å². The normalized spacial score (nSPS) is 18.7. The van der Waals surface area contributed by atoms with Crippen molar-refractivity contribution in [2.45, 2.75) is 26.0 Å². The number of allylic oxidation sites excluding steroid dienone is 1. The van der Waals surface area contributed by atoms with Gasteiger partial charge in [0.2, 0.25) is 0 Å². The molecule has 0 aromatic heterocycles. The molecule has 2 N–H and O–H groups in total. The van der Waals surface area contributed by atoms with Crippen LogP contribution in [0.1, 0.15) is 36.6 Å². The van der Waals surface area contributed by atoms with E-state index in [9.17, 15) is 23.4 Å². The van der Waals surface area contributed by atoms with Gasteiger partial charge in [-0.15, -0.1) is 0 Å². The lowest BCUT2D eigenvalue weighted by atomic mass is 9.86. The molecular weight excluding hydrogens is 483 g/mol. The highest BCUT2D eigenvalue weighted by molar-refractivity contribution is 5.96. The number of fused-ring (bicyclic) bond motifs is 1. The van der Waals surface area contributed by atoms with E-state index < -0.39 is 23.5 Å². The molecule has 0 amide bonds. The quantitative estimate of drug-likeness (QED) is 0.401. The van der Waals surface area contributed by atoms with Gasteiger partial charge in [0.25, 0.3) is 0 Å². The number of phenolic OH excluding ortho intramolecular Hbond substituents is 2. The molecule has 8 heteroatoms. The lowest BCUT2D eigenvalue weighted by Crippen LogP contribution is -2.53. The first kappa shape index (κ1) is 25.0. The number of nitrogens with zero attached hydrogens (tertiary/aromatic N) is 1. The third-order valence-corrected chi connectivity index (χ3v) is 7.10. The minimum Gasteiger partial charge on any atom is -0.508 e. The number of hydrogen-bond acceptors (Lipinski definition) is 5. The molecule has 194 valence electrons. The van der Waals surface area contributed by atoms with Gasteiger partial charge in [0.15, 0.2) is 17.4 Å². The predicted molar refractivity (Wildman–Crippen MR) is 134 cm³/mol. The summed E-state index contributed by atoms with van der Waals surface area (Å²) < 4.78 is 53.0. The maximum Gasteiger partial charge on any atom is 0.200 e. The number of benzene rings is 3. The Morgan fingerprint density at radius 2 is 1.78 bits per heavy atom. The van der Waals surface area contributed by atoms with E-state index in [0.29, 0.717) is 34.8 Å². The average Bonchev–Trinajstić information content (AvgIpc) is 2.85. The van der Waals surface area contributed by atoms with Crippen LogP contribution in [-0.4, -0.2) is 47.5 Å². The number of hydrogen-bond donors (Lipinski definition) is 2. The summed E-state index contributed by atoms with van der Waals surface area (Å²) in [5.74, 6) is -1.93. The summed E-state index contributed by atoms with van der Waals surface area (Å²) in [6.07, 6.45) is -0.687. The molecule has 1 fully saturated rings. The molecule has 2 aliphatic rings. The van der Waals surface area contributed by atoms with Gasteiger partial charge in [-0.25, -0.2) is 4.39 Å². The van der Waals surface area contributed by atoms with Gasteiger partial charge in [0.1, 0.15) is 30.0 Å². The summed E-state index contributed by atoms with van der Waals surface area (Å²) in [6.45, 7) is 5.51. The minimum absolute atomic E-state index is 0.0433. The molecular formula is C29H28F3NO4. The minimum atomic E-state index is -1.32. The Hall–Kier alpha value is -3.65. The summed E-state index contributed by atoms with van der Waals surface area (Å²) in [7, 11) is 0. The second kappa shape index (κ2) is 10.0. The van der Waals surface area contributed by atoms with Crippen LogP contribution in [0.4, 0.5) is 13.2 Å². The maximum absolute atomic E-state index is 14.3. The highest BCUT2D eigenvalue weighted by atomic mass is 19.2. The van der Waals surface area contributed by atoms with Crippen molar-refractivity contribution in [2.24, 2.45) is 5.92 Å². The van der Waals surface area contributed by atoms with Gasteiger partial charge < -0.3 is 19.7 Å². The van der Waals surface area contributed by atoms with Gasteiger partial charge >= 0.3 is 0 Å². The number of aromatic hydroxyl groups is 2. The number of phenols is 2. The van der Waals surface area contributed by atoms with Gasteiger partial charge in [-0.05, 0) is 73.0 Å². The fourth-order valence-corrected chi connectivity index (χ4v) is 4.90. The molecule has 0 spiro atoms. The van der Waals surface area contributed by atoms with Gasteiger partial charge in [0.05, 0.1) is 6.67 Å². The summed E-state index contributed by atoms with van der Waals surface area (Å²) in [6, 6.07) is 14.4. The Balaban J connectivity index is 1.43. The standard InChI is InChI=1S/C29H28F3NO4/c1-16(33-13-18(12-30)14-33)15-36-22-6-3-19(4-7-22)29-27(20-9-24(31)28(32)25(35)10-20)17(2)23-11-21(34)5-8-26(23)37-29/h3-11,16,18,29,34-35H,12-15H2,1-2H3. The van der Waals surface area contributed by atoms with Crippen LogP contribution in [0, 0.1) is 17.6 Å². The van der Waals surface area contributed by atoms with Crippen molar-refractivity contribution in [3.63, 3.8) is 0 Å². The van der Waals surface area contributed by atoms with Crippen LogP contribution in [0.3, 0.4) is 0 Å². The molecule has 0 saturated carbocycles. The van der Waals surface area contributed by atoms with Crippen LogP contribution in [0.25, 0.3) is 11.1 Å². The van der Waals surface area contributed by atoms with Crippen molar-refractivity contribution in [2.75, 3.05) is 26.4 Å². The summed E-state index contributed by atoms with van der Waals surface area (Å²) in [4.78, 5) is 2.18. The van der Waals surface area contributed by atoms with Gasteiger partial charge in [0, 0.05) is 36.2 Å². The number of halogens is 3. The topological polar surface area (TPSA) is 62.2 Å². The molecule has 37 heavy (non-hydrogen) atoms. The molecule has 5 rings (SSSR count). The molecule has 0 bridgehead atoms. The Labute approximate surface area is 213 Å². The number of alkyl halides is 1. The Morgan fingerprint density at radius 1 is 1.05 bits per heavy atom. The fraction of sp³-hybridized carbons (Fsp3) is 0.310. The van der Waals surface area contributed by atoms with Crippen LogP contribution in [0.5, 0.6) is 23.0 Å². The van der Waals surface area contributed by atoms with E-state index in [1.807, 2.05) is 38.1 Å². The van der Waals surface area contributed by atoms with Crippen molar-refractivity contribution >= 4 is 11.1 Å². The molecule has 2 unspecified atom stereocenters. The summed E-state index contributed by atoms with van der Waals surface area (Å²) in [5.41, 5.74) is 2.86. The monoisotopic (exact) mass is 511 g/mol. The van der Waals surface area contributed by atoms with Crippen LogP contribution >= 0.6 is 0 Å². The number of ether oxygens (including phenoxy) is 2. The molecule has 3 aromatic carbocycles. The molecule has 0 radical (unpaired) electrons. The molecule has 5 nitrogen and oxygen atoms in total. The van der Waals surface area contributed by atoms with Crippen molar-refractivity contribution in [1.29, 1.82) is 0 Å². The van der Waals surface area contributed by atoms with E-state index in [4.69, 9.17) is 9.47 Å². The summed E-state index contributed by atoms with van der Waals surface area (Å²) >= 11 is 0. The van der Waals surface area contributed by atoms with Crippen LogP contribution in [0.2, 0.25) is 0 Å². The lowest BCUT2D eigenvalue weighted by Gasteiger charge is -2.41. The van der Waals surface area contributed by atoms with E-state index in [-0.39, 0.29) is 29.9 Å². The molecule has 2 atom stereocenters. The fourth-order valence-electron chi connectivity index (χ4n) is 4.90. The van der Waals surface area contributed by atoms with Gasteiger partial charge in [-0.2, -0.15) is 4.39 Å². The van der Waals surface area contributed by atoms with E-state index >= 15 is 0 Å². The second-order valence-corrected chi connectivity index (χ2v) is 9.71. The highest BCUT2D eigenvalue weighted by Gasteiger charge is 2.32. The Bertz CT molecular complexity index is 1310. The van der Waals surface area contributed by atoms with Gasteiger partial charge in [-0.1, -0.05) is 12.1 Å². The highest BCUT2D eigenvalue weighted by Crippen LogP contribution is 2.48. The smallest absolute Gasteiger partial charge is 0.200 e. The van der Waals surface area contributed by atoms with Crippen molar-refractivity contribution in [3.05, 3.63) is 82.9 Å².